The van der Waals surface area contributed by atoms with E-state index in [9.17, 15) is 0 Å². The molecule has 3 N–H and O–H groups in total. The maximum atomic E-state index is 5.73. The molecule has 5 nitrogen and oxygen atoms in total. The first-order chi connectivity index (χ1) is 7.65. The number of nitrogens with two attached hydrogens (primary N) is 1. The lowest BCUT2D eigenvalue weighted by Crippen LogP contribution is -2.47. The smallest absolute Gasteiger partial charge is 0.140 e. The molecule has 0 radical (unpaired) electrons. The van der Waals surface area contributed by atoms with Crippen molar-refractivity contribution in [1.82, 2.24) is 14.9 Å². The van der Waals surface area contributed by atoms with Gasteiger partial charge in [-0.15, -0.1) is 0 Å². The normalized spacial score (nSPS) is 18.6. The fourth-order valence-electron chi connectivity index (χ4n) is 1.71. The van der Waals surface area contributed by atoms with Gasteiger partial charge in [0.2, 0.25) is 0 Å². The van der Waals surface area contributed by atoms with Gasteiger partial charge in [0.05, 0.1) is 11.4 Å². The minimum Gasteiger partial charge on any atom is -0.397 e. The molecule has 1 aromatic heterocycles. The van der Waals surface area contributed by atoms with Crippen LogP contribution in [0.4, 0.5) is 11.5 Å². The molecule has 1 aliphatic rings. The molecule has 1 saturated heterocycles. The number of aromatic nitrogens is 1. The zero-order valence-corrected chi connectivity index (χ0v) is 9.90. The number of nitrogen functional groups attached to an aromatic ring is 1. The van der Waals surface area contributed by atoms with Crippen LogP contribution in [0.5, 0.6) is 0 Å². The summed E-state index contributed by atoms with van der Waals surface area (Å²) in [6.07, 6.45) is 0. The van der Waals surface area contributed by atoms with Crippen LogP contribution in [0.1, 0.15) is 5.69 Å². The first kappa shape index (κ1) is 11.2. The predicted octanol–water partition coefficient (Wildman–Crippen LogP) is 0.547. The van der Waals surface area contributed by atoms with Crippen LogP contribution in [0.25, 0.3) is 0 Å². The molecule has 1 aliphatic heterocycles. The third-order valence-electron chi connectivity index (χ3n) is 2.90. The van der Waals surface area contributed by atoms with Crippen molar-refractivity contribution in [3.8, 4) is 0 Å². The van der Waals surface area contributed by atoms with E-state index in [1.54, 1.807) is 0 Å². The van der Waals surface area contributed by atoms with Gasteiger partial charge in [-0.2, -0.15) is 0 Å². The fraction of sp³-hybridized carbons (Fsp3) is 0.545. The Morgan fingerprint density at radius 2 is 1.94 bits per heavy atom. The van der Waals surface area contributed by atoms with Crippen LogP contribution in [0.15, 0.2) is 12.1 Å². The van der Waals surface area contributed by atoms with Crippen LogP contribution in [-0.2, 0) is 0 Å². The first-order valence-corrected chi connectivity index (χ1v) is 5.58. The molecular weight excluding hydrogens is 202 g/mol. The Kier molecular flexibility index (Phi) is 3.26. The molecule has 0 amide bonds. The summed E-state index contributed by atoms with van der Waals surface area (Å²) in [6.45, 7) is 6.12. The van der Waals surface area contributed by atoms with Gasteiger partial charge in [0.15, 0.2) is 0 Å². The van der Waals surface area contributed by atoms with Gasteiger partial charge in [-0.05, 0) is 26.1 Å². The van der Waals surface area contributed by atoms with E-state index in [0.717, 1.165) is 43.4 Å². The summed E-state index contributed by atoms with van der Waals surface area (Å²) in [5.41, 5.74) is 10.7. The monoisotopic (exact) mass is 221 g/mol. The number of anilines is 2. The molecule has 0 aliphatic carbocycles. The second-order valence-electron chi connectivity index (χ2n) is 4.27. The Hall–Kier alpha value is -1.33. The second-order valence-corrected chi connectivity index (χ2v) is 4.27. The fourth-order valence-corrected chi connectivity index (χ4v) is 1.71. The number of aryl methyl sites for hydroxylation is 1. The summed E-state index contributed by atoms with van der Waals surface area (Å²) >= 11 is 0. The van der Waals surface area contributed by atoms with E-state index in [1.165, 1.54) is 0 Å². The van der Waals surface area contributed by atoms with E-state index < -0.39 is 0 Å². The van der Waals surface area contributed by atoms with Crippen LogP contribution in [0.3, 0.4) is 0 Å². The van der Waals surface area contributed by atoms with Crippen LogP contribution >= 0.6 is 0 Å². The molecule has 0 spiro atoms. The number of piperazine rings is 1. The maximum absolute atomic E-state index is 5.73. The Morgan fingerprint density at radius 3 is 2.56 bits per heavy atom. The van der Waals surface area contributed by atoms with Gasteiger partial charge in [0.1, 0.15) is 5.82 Å². The van der Waals surface area contributed by atoms with Crippen molar-refractivity contribution in [2.45, 2.75) is 6.92 Å². The van der Waals surface area contributed by atoms with Gasteiger partial charge in [-0.25, -0.2) is 9.99 Å². The Balaban J connectivity index is 1.96. The van der Waals surface area contributed by atoms with Gasteiger partial charge in [0, 0.05) is 26.2 Å². The standard InChI is InChI=1S/C11H19N5/c1-9-10(12)3-4-11(13-9)14-16-7-5-15(2)6-8-16/h3-4H,5-8,12H2,1-2H3,(H,13,14). The highest BCUT2D eigenvalue weighted by atomic mass is 15.5. The predicted molar refractivity (Wildman–Crippen MR) is 66.1 cm³/mol. The molecule has 2 heterocycles. The largest absolute Gasteiger partial charge is 0.397 e. The lowest BCUT2D eigenvalue weighted by atomic mass is 10.3. The minimum absolute atomic E-state index is 0.740. The average molecular weight is 221 g/mol. The Labute approximate surface area is 96.2 Å². The lowest BCUT2D eigenvalue weighted by molar-refractivity contribution is 0.178. The molecule has 0 saturated carbocycles. The van der Waals surface area contributed by atoms with Crippen LogP contribution in [0.2, 0.25) is 0 Å². The zero-order chi connectivity index (χ0) is 11.5. The van der Waals surface area contributed by atoms with Crippen molar-refractivity contribution < 1.29 is 0 Å². The molecule has 0 bridgehead atoms. The highest BCUT2D eigenvalue weighted by Crippen LogP contribution is 2.12. The summed E-state index contributed by atoms with van der Waals surface area (Å²) in [5, 5.41) is 2.19. The quantitative estimate of drug-likeness (QED) is 0.763. The summed E-state index contributed by atoms with van der Waals surface area (Å²) in [5.74, 6) is 0.872. The number of nitrogens with zero attached hydrogens (tertiary/aromatic N) is 3. The molecule has 0 aromatic carbocycles. The van der Waals surface area contributed by atoms with Crippen molar-refractivity contribution in [3.63, 3.8) is 0 Å². The van der Waals surface area contributed by atoms with Gasteiger partial charge >= 0.3 is 0 Å². The van der Waals surface area contributed by atoms with Crippen molar-refractivity contribution in [2.75, 3.05) is 44.4 Å². The number of hydrogen-bond donors (Lipinski definition) is 2. The van der Waals surface area contributed by atoms with Crippen molar-refractivity contribution >= 4 is 11.5 Å². The number of nitrogens with one attached hydrogen (secondary N) is 1. The summed E-state index contributed by atoms with van der Waals surface area (Å²) < 4.78 is 0. The van der Waals surface area contributed by atoms with E-state index in [0.29, 0.717) is 0 Å². The third kappa shape index (κ3) is 2.62. The summed E-state index contributed by atoms with van der Waals surface area (Å²) in [4.78, 5) is 6.71. The number of rotatable bonds is 2. The van der Waals surface area contributed by atoms with Crippen molar-refractivity contribution in [1.29, 1.82) is 0 Å². The molecule has 0 unspecified atom stereocenters. The molecular formula is C11H19N5. The molecule has 0 atom stereocenters. The SMILES string of the molecule is Cc1nc(NN2CCN(C)CC2)ccc1N. The molecule has 1 aromatic rings. The van der Waals surface area contributed by atoms with E-state index in [2.05, 4.69) is 27.4 Å². The van der Waals surface area contributed by atoms with Crippen LogP contribution in [-0.4, -0.2) is 48.1 Å². The lowest BCUT2D eigenvalue weighted by Gasteiger charge is -2.32. The summed E-state index contributed by atoms with van der Waals surface area (Å²) in [7, 11) is 2.14. The van der Waals surface area contributed by atoms with Gasteiger partial charge in [-0.1, -0.05) is 0 Å². The molecule has 5 heteroatoms. The van der Waals surface area contributed by atoms with E-state index in [1.807, 2.05) is 19.1 Å². The van der Waals surface area contributed by atoms with Gasteiger partial charge < -0.3 is 16.1 Å². The molecule has 88 valence electrons. The first-order valence-electron chi connectivity index (χ1n) is 5.58. The van der Waals surface area contributed by atoms with Gasteiger partial charge in [-0.3, -0.25) is 0 Å². The molecule has 2 rings (SSSR count). The number of hydrazine groups is 1. The van der Waals surface area contributed by atoms with Gasteiger partial charge in [0.25, 0.3) is 0 Å². The van der Waals surface area contributed by atoms with Crippen molar-refractivity contribution in [3.05, 3.63) is 17.8 Å². The van der Waals surface area contributed by atoms with E-state index in [4.69, 9.17) is 5.73 Å². The highest BCUT2D eigenvalue weighted by molar-refractivity contribution is 5.48. The number of hydrogen-bond acceptors (Lipinski definition) is 5. The minimum atomic E-state index is 0.740. The third-order valence-corrected chi connectivity index (χ3v) is 2.90. The topological polar surface area (TPSA) is 57.4 Å². The molecule has 16 heavy (non-hydrogen) atoms. The Bertz CT molecular complexity index is 357. The molecule has 1 fully saturated rings. The highest BCUT2D eigenvalue weighted by Gasteiger charge is 2.13. The average Bonchev–Trinajstić information content (AvgIpc) is 2.27. The zero-order valence-electron chi connectivity index (χ0n) is 9.90. The van der Waals surface area contributed by atoms with Crippen molar-refractivity contribution in [2.24, 2.45) is 0 Å². The maximum Gasteiger partial charge on any atom is 0.140 e. The van der Waals surface area contributed by atoms with E-state index >= 15 is 0 Å². The second kappa shape index (κ2) is 4.67. The van der Waals surface area contributed by atoms with E-state index in [-0.39, 0.29) is 0 Å². The Morgan fingerprint density at radius 1 is 1.25 bits per heavy atom. The number of likely N-dealkylation sites (N-methyl/N-ethyl adjacent to an activating group) is 1. The number of pyridine rings is 1. The summed E-state index contributed by atoms with van der Waals surface area (Å²) in [6, 6.07) is 3.81. The van der Waals surface area contributed by atoms with Crippen LogP contribution in [0, 0.1) is 6.92 Å². The van der Waals surface area contributed by atoms with Crippen LogP contribution < -0.4 is 11.2 Å².